The second kappa shape index (κ2) is 4.51. The highest BCUT2D eigenvalue weighted by molar-refractivity contribution is 5.80. The monoisotopic (exact) mass is 272 g/mol. The van der Waals surface area contributed by atoms with E-state index < -0.39 is 35.4 Å². The number of hydrogen-bond donors (Lipinski definition) is 1. The van der Waals surface area contributed by atoms with Crippen LogP contribution in [0.15, 0.2) is 24.3 Å². The fourth-order valence-corrected chi connectivity index (χ4v) is 1.26. The largest absolute Gasteiger partial charge is 0.478 e. The number of carboxylic acids is 1. The number of rotatable bonds is 3. The summed E-state index contributed by atoms with van der Waals surface area (Å²) >= 11 is 0. The van der Waals surface area contributed by atoms with Crippen molar-refractivity contribution in [1.82, 2.24) is 0 Å². The summed E-state index contributed by atoms with van der Waals surface area (Å²) in [7, 11) is 0. The highest BCUT2D eigenvalue weighted by Crippen LogP contribution is 2.37. The van der Waals surface area contributed by atoms with E-state index in [0.717, 1.165) is 0 Å². The van der Waals surface area contributed by atoms with Crippen molar-refractivity contribution in [2.24, 2.45) is 0 Å². The minimum atomic E-state index is -4.88. The molecule has 0 saturated heterocycles. The van der Waals surface area contributed by atoms with Crippen molar-refractivity contribution in [2.75, 3.05) is 0 Å². The van der Waals surface area contributed by atoms with Crippen LogP contribution in [0, 0.1) is 0 Å². The number of aliphatic carboxylic acids is 1. The third kappa shape index (κ3) is 2.41. The molecular formula is C10H6F6O2. The summed E-state index contributed by atoms with van der Waals surface area (Å²) in [4.78, 5) is 10.5. The molecule has 2 nitrogen and oxygen atoms in total. The van der Waals surface area contributed by atoms with Crippen molar-refractivity contribution in [2.45, 2.75) is 18.3 Å². The standard InChI is InChI=1S/C10H6F6O2/c11-7(12)9(13,8(17)18)5-2-1-3-6(4-5)10(14,15)16/h1-4,7H,(H,17,18). The van der Waals surface area contributed by atoms with Gasteiger partial charge in [-0.15, -0.1) is 0 Å². The molecule has 18 heavy (non-hydrogen) atoms. The Labute approximate surface area is 96.8 Å². The van der Waals surface area contributed by atoms with Crippen molar-refractivity contribution in [1.29, 1.82) is 0 Å². The lowest BCUT2D eigenvalue weighted by atomic mass is 9.94. The lowest BCUT2D eigenvalue weighted by Gasteiger charge is -2.21. The zero-order chi connectivity index (χ0) is 14.1. The second-order valence-corrected chi connectivity index (χ2v) is 3.40. The summed E-state index contributed by atoms with van der Waals surface area (Å²) in [5, 5.41) is 8.41. The van der Waals surface area contributed by atoms with E-state index >= 15 is 0 Å². The van der Waals surface area contributed by atoms with Crippen LogP contribution in [0.25, 0.3) is 0 Å². The molecular weight excluding hydrogens is 266 g/mol. The molecule has 0 fully saturated rings. The van der Waals surface area contributed by atoms with Crippen LogP contribution in [0.2, 0.25) is 0 Å². The summed E-state index contributed by atoms with van der Waals surface area (Å²) in [5.74, 6) is -2.54. The Hall–Kier alpha value is -1.73. The van der Waals surface area contributed by atoms with Gasteiger partial charge in [-0.05, 0) is 12.1 Å². The van der Waals surface area contributed by atoms with Gasteiger partial charge in [-0.3, -0.25) is 0 Å². The van der Waals surface area contributed by atoms with Crippen LogP contribution in [0.1, 0.15) is 11.1 Å². The van der Waals surface area contributed by atoms with Crippen molar-refractivity contribution in [3.63, 3.8) is 0 Å². The van der Waals surface area contributed by atoms with Crippen molar-refractivity contribution in [3.05, 3.63) is 35.4 Å². The van der Waals surface area contributed by atoms with Crippen LogP contribution >= 0.6 is 0 Å². The smallest absolute Gasteiger partial charge is 0.416 e. The first kappa shape index (κ1) is 14.3. The molecule has 1 aromatic rings. The molecule has 0 aromatic heterocycles. The van der Waals surface area contributed by atoms with Gasteiger partial charge in [0.05, 0.1) is 5.56 Å². The molecule has 1 atom stereocenters. The third-order valence-corrected chi connectivity index (χ3v) is 2.22. The number of alkyl halides is 6. The minimum Gasteiger partial charge on any atom is -0.478 e. The van der Waals surface area contributed by atoms with Gasteiger partial charge in [0.1, 0.15) is 0 Å². The Bertz CT molecular complexity index is 456. The molecule has 0 aliphatic rings. The van der Waals surface area contributed by atoms with Crippen LogP contribution in [0.3, 0.4) is 0 Å². The van der Waals surface area contributed by atoms with E-state index in [4.69, 9.17) is 5.11 Å². The van der Waals surface area contributed by atoms with Gasteiger partial charge in [0.2, 0.25) is 0 Å². The van der Waals surface area contributed by atoms with Crippen LogP contribution in [-0.2, 0) is 16.6 Å². The van der Waals surface area contributed by atoms with E-state index in [0.29, 0.717) is 18.2 Å². The van der Waals surface area contributed by atoms with Gasteiger partial charge in [0.25, 0.3) is 12.1 Å². The molecule has 100 valence electrons. The van der Waals surface area contributed by atoms with E-state index in [1.54, 1.807) is 0 Å². The fourth-order valence-electron chi connectivity index (χ4n) is 1.26. The molecule has 8 heteroatoms. The van der Waals surface area contributed by atoms with Crippen LogP contribution in [0.5, 0.6) is 0 Å². The van der Waals surface area contributed by atoms with Gasteiger partial charge in [0, 0.05) is 5.56 Å². The van der Waals surface area contributed by atoms with Crippen LogP contribution in [-0.4, -0.2) is 17.5 Å². The molecule has 1 rings (SSSR count). The lowest BCUT2D eigenvalue weighted by Crippen LogP contribution is -2.38. The minimum absolute atomic E-state index is 0.0558. The maximum Gasteiger partial charge on any atom is 0.416 e. The SMILES string of the molecule is O=C(O)C(F)(c1cccc(C(F)(F)F)c1)C(F)F. The zero-order valence-corrected chi connectivity index (χ0v) is 8.51. The maximum absolute atomic E-state index is 13.6. The third-order valence-electron chi connectivity index (χ3n) is 2.22. The highest BCUT2D eigenvalue weighted by atomic mass is 19.4. The number of hydrogen-bond acceptors (Lipinski definition) is 1. The molecule has 0 amide bonds. The normalized spacial score (nSPS) is 15.5. The Balaban J connectivity index is 3.36. The summed E-state index contributed by atoms with van der Waals surface area (Å²) in [5.41, 5.74) is -6.81. The first-order chi connectivity index (χ1) is 8.10. The predicted molar refractivity (Wildman–Crippen MR) is 47.9 cm³/mol. The number of carboxylic acid groups (broad SMARTS) is 1. The second-order valence-electron chi connectivity index (χ2n) is 3.40. The molecule has 0 saturated carbocycles. The maximum atomic E-state index is 13.6. The molecule has 0 spiro atoms. The number of halogens is 6. The summed E-state index contributed by atoms with van der Waals surface area (Å²) in [6.07, 6.45) is -8.86. The average molecular weight is 272 g/mol. The van der Waals surface area contributed by atoms with Gasteiger partial charge in [-0.25, -0.2) is 18.0 Å². The van der Waals surface area contributed by atoms with Gasteiger partial charge >= 0.3 is 12.1 Å². The predicted octanol–water partition coefficient (Wildman–Crippen LogP) is 3.22. The van der Waals surface area contributed by atoms with Gasteiger partial charge < -0.3 is 5.11 Å². The highest BCUT2D eigenvalue weighted by Gasteiger charge is 2.51. The Morgan fingerprint density at radius 1 is 1.11 bits per heavy atom. The zero-order valence-electron chi connectivity index (χ0n) is 8.51. The average Bonchev–Trinajstić information content (AvgIpc) is 2.26. The molecule has 1 N–H and O–H groups in total. The number of benzene rings is 1. The first-order valence-corrected chi connectivity index (χ1v) is 4.48. The fraction of sp³-hybridized carbons (Fsp3) is 0.300. The summed E-state index contributed by atoms with van der Waals surface area (Å²) in [6.45, 7) is 0. The lowest BCUT2D eigenvalue weighted by molar-refractivity contribution is -0.164. The van der Waals surface area contributed by atoms with Gasteiger partial charge in [-0.1, -0.05) is 12.1 Å². The molecule has 0 radical (unpaired) electrons. The molecule has 0 heterocycles. The van der Waals surface area contributed by atoms with E-state index in [9.17, 15) is 31.1 Å². The van der Waals surface area contributed by atoms with Gasteiger partial charge in [0.15, 0.2) is 0 Å². The number of carbonyl (C=O) groups is 1. The molecule has 1 aromatic carbocycles. The van der Waals surface area contributed by atoms with E-state index in [-0.39, 0.29) is 6.07 Å². The first-order valence-electron chi connectivity index (χ1n) is 4.48. The van der Waals surface area contributed by atoms with Gasteiger partial charge in [-0.2, -0.15) is 13.2 Å². The van der Waals surface area contributed by atoms with E-state index in [1.807, 2.05) is 0 Å². The summed E-state index contributed by atoms with van der Waals surface area (Å²) < 4.78 is 75.3. The van der Waals surface area contributed by atoms with Crippen molar-refractivity contribution < 1.29 is 36.2 Å². The van der Waals surface area contributed by atoms with E-state index in [2.05, 4.69) is 0 Å². The van der Waals surface area contributed by atoms with Crippen LogP contribution in [0.4, 0.5) is 26.3 Å². The molecule has 0 bridgehead atoms. The topological polar surface area (TPSA) is 37.3 Å². The van der Waals surface area contributed by atoms with E-state index in [1.165, 1.54) is 0 Å². The summed E-state index contributed by atoms with van der Waals surface area (Å²) in [6, 6.07) is 1.81. The Kier molecular flexibility index (Phi) is 3.59. The molecule has 0 aliphatic heterocycles. The molecule has 0 aliphatic carbocycles. The molecule has 1 unspecified atom stereocenters. The van der Waals surface area contributed by atoms with Crippen molar-refractivity contribution >= 4 is 5.97 Å². The van der Waals surface area contributed by atoms with Crippen molar-refractivity contribution in [3.8, 4) is 0 Å². The quantitative estimate of drug-likeness (QED) is 0.858. The Morgan fingerprint density at radius 3 is 2.00 bits per heavy atom. The van der Waals surface area contributed by atoms with Crippen LogP contribution < -0.4 is 0 Å². The Morgan fingerprint density at radius 2 is 1.61 bits per heavy atom.